The van der Waals surface area contributed by atoms with E-state index in [1.165, 1.54) is 19.1 Å². The molecular weight excluding hydrogens is 488 g/mol. The lowest BCUT2D eigenvalue weighted by Crippen LogP contribution is -2.37. The summed E-state index contributed by atoms with van der Waals surface area (Å²) in [6.45, 7) is 4.07. The molecule has 6 atom stereocenters. The maximum atomic E-state index is 14.7. The van der Waals surface area contributed by atoms with Crippen LogP contribution in [0.25, 0.3) is 0 Å². The molecule has 1 aliphatic rings. The third-order valence-electron chi connectivity index (χ3n) is 4.85. The number of esters is 1. The first-order chi connectivity index (χ1) is 16.5. The van der Waals surface area contributed by atoms with Crippen molar-refractivity contribution in [3.63, 3.8) is 0 Å². The number of carbonyl (C=O) groups excluding carboxylic acids is 1. The number of nitrogens with one attached hydrogen (secondary N) is 2. The Morgan fingerprint density at radius 1 is 1.26 bits per heavy atom. The number of benzene rings is 1. The zero-order valence-electron chi connectivity index (χ0n) is 19.2. The fourth-order valence-electron chi connectivity index (χ4n) is 3.20. The molecule has 12 nitrogen and oxygen atoms in total. The second-order valence-electron chi connectivity index (χ2n) is 8.05. The largest absolute Gasteiger partial charge is 0.462 e. The Kier molecular flexibility index (Phi) is 8.62. The van der Waals surface area contributed by atoms with Gasteiger partial charge >= 0.3 is 19.4 Å². The van der Waals surface area contributed by atoms with E-state index in [0.717, 1.165) is 16.8 Å². The van der Waals surface area contributed by atoms with Gasteiger partial charge in [0.25, 0.3) is 5.56 Å². The molecule has 0 amide bonds. The van der Waals surface area contributed by atoms with E-state index in [9.17, 15) is 28.4 Å². The monoisotopic (exact) mass is 515 g/mol. The van der Waals surface area contributed by atoms with Crippen molar-refractivity contribution in [1.82, 2.24) is 14.6 Å². The molecule has 1 aromatic heterocycles. The Hall–Kier alpha value is -2.83. The van der Waals surface area contributed by atoms with E-state index in [2.05, 4.69) is 5.09 Å². The molecule has 1 fully saturated rings. The number of aromatic nitrogens is 2. The Morgan fingerprint density at radius 2 is 1.94 bits per heavy atom. The van der Waals surface area contributed by atoms with Crippen molar-refractivity contribution in [2.24, 2.45) is 0 Å². The average molecular weight is 515 g/mol. The first-order valence-corrected chi connectivity index (χ1v) is 12.3. The summed E-state index contributed by atoms with van der Waals surface area (Å²) in [5.41, 5.74) is -1.62. The molecule has 3 rings (SSSR count). The lowest BCUT2D eigenvalue weighted by atomic mass is 10.1. The number of rotatable bonds is 10. The third kappa shape index (κ3) is 6.86. The van der Waals surface area contributed by atoms with Gasteiger partial charge in [-0.1, -0.05) is 18.2 Å². The fourth-order valence-corrected chi connectivity index (χ4v) is 4.70. The van der Waals surface area contributed by atoms with Gasteiger partial charge in [-0.2, -0.15) is 5.09 Å². The summed E-state index contributed by atoms with van der Waals surface area (Å²) < 4.78 is 50.4. The highest BCUT2D eigenvalue weighted by molar-refractivity contribution is 7.52. The summed E-state index contributed by atoms with van der Waals surface area (Å²) in [6, 6.07) is 7.86. The van der Waals surface area contributed by atoms with Crippen LogP contribution in [0, 0.1) is 0 Å². The van der Waals surface area contributed by atoms with Crippen LogP contribution in [0.2, 0.25) is 0 Å². The van der Waals surface area contributed by atoms with Gasteiger partial charge in [0, 0.05) is 12.3 Å². The van der Waals surface area contributed by atoms with E-state index in [-0.39, 0.29) is 5.75 Å². The van der Waals surface area contributed by atoms with Crippen molar-refractivity contribution < 1.29 is 37.4 Å². The number of nitrogens with zero attached hydrogens (tertiary/aromatic N) is 1. The van der Waals surface area contributed by atoms with E-state index in [4.69, 9.17) is 18.5 Å². The minimum atomic E-state index is -4.28. The predicted octanol–water partition coefficient (Wildman–Crippen LogP) is 1.27. The van der Waals surface area contributed by atoms with Gasteiger partial charge in [-0.3, -0.25) is 23.7 Å². The maximum absolute atomic E-state index is 14.7. The van der Waals surface area contributed by atoms with Crippen molar-refractivity contribution in [3.8, 4) is 5.75 Å². The lowest BCUT2D eigenvalue weighted by Gasteiger charge is -2.25. The second kappa shape index (κ2) is 11.3. The molecule has 2 heterocycles. The SMILES string of the molecule is CC(C)OC(=O)[C@@H](C)NP(=O)(OC[C@H]1O[C@@H](n2ccc(=O)[nH]c2=O)[C@@H](F)[C@@H]1O)Oc1ccccc1. The number of aliphatic hydroxyl groups excluding tert-OH is 1. The van der Waals surface area contributed by atoms with E-state index in [0.29, 0.717) is 0 Å². The highest BCUT2D eigenvalue weighted by atomic mass is 31.2. The molecule has 1 aromatic carbocycles. The van der Waals surface area contributed by atoms with Crippen LogP contribution in [-0.2, 0) is 23.4 Å². The zero-order valence-corrected chi connectivity index (χ0v) is 20.1. The Bertz CT molecular complexity index is 1170. The van der Waals surface area contributed by atoms with Gasteiger partial charge in [0.15, 0.2) is 12.4 Å². The number of hydrogen-bond acceptors (Lipinski definition) is 9. The highest BCUT2D eigenvalue weighted by Gasteiger charge is 2.47. The Labute approximate surface area is 199 Å². The van der Waals surface area contributed by atoms with E-state index >= 15 is 0 Å². The summed E-state index contributed by atoms with van der Waals surface area (Å²) in [5.74, 6) is -0.555. The molecule has 0 radical (unpaired) electrons. The number of para-hydroxylation sites is 1. The second-order valence-corrected chi connectivity index (χ2v) is 9.75. The molecule has 0 spiro atoms. The molecule has 192 valence electrons. The Morgan fingerprint density at radius 3 is 2.57 bits per heavy atom. The number of H-pyrrole nitrogens is 1. The highest BCUT2D eigenvalue weighted by Crippen LogP contribution is 2.46. The number of hydrogen-bond donors (Lipinski definition) is 3. The first-order valence-electron chi connectivity index (χ1n) is 10.8. The summed E-state index contributed by atoms with van der Waals surface area (Å²) in [4.78, 5) is 37.4. The zero-order chi connectivity index (χ0) is 25.8. The van der Waals surface area contributed by atoms with E-state index in [1.807, 2.05) is 4.98 Å². The molecule has 0 aliphatic carbocycles. The molecule has 1 saturated heterocycles. The minimum Gasteiger partial charge on any atom is -0.462 e. The summed E-state index contributed by atoms with van der Waals surface area (Å²) in [5, 5.41) is 12.8. The van der Waals surface area contributed by atoms with Crippen LogP contribution in [0.5, 0.6) is 5.75 Å². The summed E-state index contributed by atoms with van der Waals surface area (Å²) >= 11 is 0. The number of ether oxygens (including phenoxy) is 2. The van der Waals surface area contributed by atoms with Crippen molar-refractivity contribution in [2.45, 2.75) is 57.5 Å². The van der Waals surface area contributed by atoms with Crippen molar-refractivity contribution >= 4 is 13.7 Å². The van der Waals surface area contributed by atoms with Gasteiger partial charge < -0.3 is 19.1 Å². The summed E-state index contributed by atoms with van der Waals surface area (Å²) in [7, 11) is -4.28. The van der Waals surface area contributed by atoms with Crippen LogP contribution in [0.1, 0.15) is 27.0 Å². The molecule has 1 aliphatic heterocycles. The molecule has 0 saturated carbocycles. The molecule has 2 aromatic rings. The van der Waals surface area contributed by atoms with E-state index < -0.39 is 68.3 Å². The van der Waals surface area contributed by atoms with Crippen LogP contribution in [0.4, 0.5) is 4.39 Å². The van der Waals surface area contributed by atoms with Crippen LogP contribution < -0.4 is 20.9 Å². The summed E-state index contributed by atoms with van der Waals surface area (Å²) in [6.07, 6.45) is -6.13. The van der Waals surface area contributed by atoms with Crippen molar-refractivity contribution in [3.05, 3.63) is 63.4 Å². The Balaban J connectivity index is 1.75. The molecule has 14 heteroatoms. The molecule has 1 unspecified atom stereocenters. The van der Waals surface area contributed by atoms with Crippen molar-refractivity contribution in [1.29, 1.82) is 0 Å². The third-order valence-corrected chi connectivity index (χ3v) is 6.50. The predicted molar refractivity (Wildman–Crippen MR) is 121 cm³/mol. The molecule has 3 N–H and O–H groups in total. The average Bonchev–Trinajstić information content (AvgIpc) is 3.06. The molecule has 35 heavy (non-hydrogen) atoms. The number of carbonyl (C=O) groups is 1. The molecule has 0 bridgehead atoms. The smallest absolute Gasteiger partial charge is 0.459 e. The topological polar surface area (TPSA) is 158 Å². The van der Waals surface area contributed by atoms with Gasteiger partial charge in [0.2, 0.25) is 0 Å². The first kappa shape index (κ1) is 26.8. The standard InChI is InChI=1S/C21H27FN3O9P/c1-12(2)32-20(28)13(3)24-35(30,34-14-7-5-4-6-8-14)31-11-15-18(27)17(22)19(33-15)25-10-9-16(26)23-21(25)29/h4-10,12-13,15,17-19,27H,11H2,1-3H3,(H,24,30)(H,23,26,29)/t13-,15-,17+,18-,19-,35?/m1/s1. The van der Waals surface area contributed by atoms with Gasteiger partial charge in [-0.15, -0.1) is 0 Å². The van der Waals surface area contributed by atoms with E-state index in [1.54, 1.807) is 32.0 Å². The van der Waals surface area contributed by atoms with Crippen LogP contribution in [-0.4, -0.2) is 57.8 Å². The molecular formula is C21H27FN3O9P. The van der Waals surface area contributed by atoms with Crippen LogP contribution >= 0.6 is 7.75 Å². The minimum absolute atomic E-state index is 0.154. The van der Waals surface area contributed by atoms with Crippen molar-refractivity contribution in [2.75, 3.05) is 6.61 Å². The number of halogens is 1. The fraction of sp³-hybridized carbons (Fsp3) is 0.476. The number of alkyl halides is 1. The van der Waals surface area contributed by atoms with Gasteiger partial charge in [-0.25, -0.2) is 13.8 Å². The van der Waals surface area contributed by atoms with Gasteiger partial charge in [0.1, 0.15) is 24.0 Å². The van der Waals surface area contributed by atoms with Crippen LogP contribution in [0.15, 0.2) is 52.2 Å². The van der Waals surface area contributed by atoms with Gasteiger partial charge in [0.05, 0.1) is 12.7 Å². The van der Waals surface area contributed by atoms with Crippen LogP contribution in [0.3, 0.4) is 0 Å². The number of aromatic amines is 1. The normalized spacial score (nSPS) is 24.6. The lowest BCUT2D eigenvalue weighted by molar-refractivity contribution is -0.149. The maximum Gasteiger partial charge on any atom is 0.459 e. The number of aliphatic hydroxyl groups is 1. The van der Waals surface area contributed by atoms with Gasteiger partial charge in [-0.05, 0) is 32.9 Å². The quantitative estimate of drug-likeness (QED) is 0.311.